The van der Waals surface area contributed by atoms with Crippen LogP contribution in [0.4, 0.5) is 5.82 Å². The van der Waals surface area contributed by atoms with Crippen molar-refractivity contribution < 1.29 is 14.9 Å². The van der Waals surface area contributed by atoms with E-state index in [0.29, 0.717) is 24.3 Å². The summed E-state index contributed by atoms with van der Waals surface area (Å²) >= 11 is 2.26. The lowest BCUT2D eigenvalue weighted by molar-refractivity contribution is -0.0426. The smallest absolute Gasteiger partial charge is 0.167 e. The van der Waals surface area contributed by atoms with Crippen LogP contribution in [0.5, 0.6) is 0 Å². The van der Waals surface area contributed by atoms with Gasteiger partial charge in [0.05, 0.1) is 12.9 Å². The number of imidazole rings is 1. The van der Waals surface area contributed by atoms with Gasteiger partial charge in [-0.05, 0) is 0 Å². The van der Waals surface area contributed by atoms with Crippen LogP contribution in [-0.4, -0.2) is 77.0 Å². The average molecular weight is 458 g/mol. The van der Waals surface area contributed by atoms with Gasteiger partial charge in [0.25, 0.3) is 0 Å². The molecule has 0 aliphatic carbocycles. The van der Waals surface area contributed by atoms with E-state index >= 15 is 0 Å². The summed E-state index contributed by atoms with van der Waals surface area (Å²) in [6.07, 6.45) is 4.63. The first-order valence-electron chi connectivity index (χ1n) is 7.73. The summed E-state index contributed by atoms with van der Waals surface area (Å²) in [5.41, 5.74) is 6.65. The molecule has 0 saturated carbocycles. The van der Waals surface area contributed by atoms with E-state index < -0.39 is 24.5 Å². The summed E-state index contributed by atoms with van der Waals surface area (Å²) in [5, 5.41) is 20.8. The highest BCUT2D eigenvalue weighted by Gasteiger charge is 2.44. The van der Waals surface area contributed by atoms with E-state index in [1.165, 1.54) is 12.7 Å². The summed E-state index contributed by atoms with van der Waals surface area (Å²) in [6, 6.07) is 0. The lowest BCUT2D eigenvalue weighted by Crippen LogP contribution is -2.40. The van der Waals surface area contributed by atoms with Crippen molar-refractivity contribution in [3.8, 4) is 12.3 Å². The Hall–Kier alpha value is -1.52. The molecule has 1 aliphatic rings. The van der Waals surface area contributed by atoms with Crippen molar-refractivity contribution in [3.05, 3.63) is 12.7 Å². The van der Waals surface area contributed by atoms with E-state index in [0.717, 1.165) is 11.0 Å². The van der Waals surface area contributed by atoms with E-state index in [1.54, 1.807) is 4.57 Å². The van der Waals surface area contributed by atoms with Crippen molar-refractivity contribution >= 4 is 39.6 Å². The van der Waals surface area contributed by atoms with Crippen LogP contribution < -0.4 is 5.73 Å². The molecule has 2 aromatic rings. The highest BCUT2D eigenvalue weighted by molar-refractivity contribution is 14.1. The highest BCUT2D eigenvalue weighted by Crippen LogP contribution is 2.32. The number of terminal acetylenes is 1. The van der Waals surface area contributed by atoms with Gasteiger partial charge in [-0.15, -0.1) is 6.42 Å². The van der Waals surface area contributed by atoms with E-state index in [1.807, 2.05) is 4.90 Å². The molecule has 4 atom stereocenters. The molecule has 134 valence electrons. The number of nitrogens with zero attached hydrogens (tertiary/aromatic N) is 5. The maximum atomic E-state index is 10.4. The molecule has 0 bridgehead atoms. The highest BCUT2D eigenvalue weighted by atomic mass is 127. The second-order valence-corrected chi connectivity index (χ2v) is 6.84. The Balaban J connectivity index is 1.82. The molecule has 0 aromatic carbocycles. The fourth-order valence-corrected chi connectivity index (χ4v) is 3.59. The number of anilines is 1. The van der Waals surface area contributed by atoms with Gasteiger partial charge in [0.15, 0.2) is 17.7 Å². The van der Waals surface area contributed by atoms with Crippen LogP contribution >= 0.6 is 22.6 Å². The second-order valence-electron chi connectivity index (χ2n) is 5.76. The molecule has 1 saturated heterocycles. The van der Waals surface area contributed by atoms with E-state index in [-0.39, 0.29) is 5.82 Å². The van der Waals surface area contributed by atoms with E-state index in [4.69, 9.17) is 16.9 Å². The molecule has 0 unspecified atom stereocenters. The van der Waals surface area contributed by atoms with E-state index in [2.05, 4.69) is 43.5 Å². The fourth-order valence-electron chi connectivity index (χ4n) is 2.90. The quantitative estimate of drug-likeness (QED) is 0.298. The van der Waals surface area contributed by atoms with Gasteiger partial charge in [0.2, 0.25) is 0 Å². The molecule has 25 heavy (non-hydrogen) atoms. The number of aliphatic hydroxyl groups is 2. The van der Waals surface area contributed by atoms with Crippen LogP contribution in [0.25, 0.3) is 11.2 Å². The molecular formula is C15H19IN6O3. The van der Waals surface area contributed by atoms with Gasteiger partial charge in [-0.1, -0.05) is 28.5 Å². The summed E-state index contributed by atoms with van der Waals surface area (Å²) in [5.74, 6) is 2.84. The molecule has 10 heteroatoms. The minimum absolute atomic E-state index is 0.246. The Morgan fingerprint density at radius 3 is 2.88 bits per heavy atom. The summed E-state index contributed by atoms with van der Waals surface area (Å²) in [6.45, 7) is 1.65. The Morgan fingerprint density at radius 1 is 1.36 bits per heavy atom. The van der Waals surface area contributed by atoms with Gasteiger partial charge in [-0.2, -0.15) is 0 Å². The fraction of sp³-hybridized carbons (Fsp3) is 0.533. The monoisotopic (exact) mass is 458 g/mol. The Labute approximate surface area is 158 Å². The van der Waals surface area contributed by atoms with Crippen LogP contribution in [0, 0.1) is 12.3 Å². The van der Waals surface area contributed by atoms with Crippen LogP contribution in [0.2, 0.25) is 0 Å². The first-order chi connectivity index (χ1) is 12.1. The van der Waals surface area contributed by atoms with Gasteiger partial charge in [0, 0.05) is 17.5 Å². The number of alkyl halides is 1. The second kappa shape index (κ2) is 7.79. The number of nitrogens with two attached hydrogens (primary N) is 1. The van der Waals surface area contributed by atoms with Crippen LogP contribution in [-0.2, 0) is 4.74 Å². The average Bonchev–Trinajstić information content (AvgIpc) is 3.13. The van der Waals surface area contributed by atoms with Crippen molar-refractivity contribution in [1.29, 1.82) is 0 Å². The summed E-state index contributed by atoms with van der Waals surface area (Å²) in [4.78, 5) is 14.2. The zero-order valence-corrected chi connectivity index (χ0v) is 15.5. The van der Waals surface area contributed by atoms with Crippen molar-refractivity contribution in [2.75, 3.05) is 29.8 Å². The number of aromatic nitrogens is 4. The first-order valence-corrected chi connectivity index (χ1v) is 9.25. The summed E-state index contributed by atoms with van der Waals surface area (Å²) in [7, 11) is 0. The van der Waals surface area contributed by atoms with Gasteiger partial charge < -0.3 is 20.7 Å². The Bertz CT molecular complexity index is 778. The number of aliphatic hydroxyl groups excluding tert-OH is 2. The number of hydrogen-bond acceptors (Lipinski definition) is 8. The molecule has 9 nitrogen and oxygen atoms in total. The number of fused-ring (bicyclic) bond motifs is 1. The molecule has 1 aliphatic heterocycles. The molecule has 0 radical (unpaired) electrons. The SMILES string of the molecule is C#CCN(CCI)C[C@H]1O[C@@H](n2cnc3c(N)ncnc32)[C@H](O)[C@@H]1O. The van der Waals surface area contributed by atoms with Gasteiger partial charge >= 0.3 is 0 Å². The van der Waals surface area contributed by atoms with Crippen molar-refractivity contribution in [2.24, 2.45) is 0 Å². The number of rotatable bonds is 6. The molecule has 4 N–H and O–H groups in total. The van der Waals surface area contributed by atoms with E-state index in [9.17, 15) is 10.2 Å². The third kappa shape index (κ3) is 3.56. The molecule has 0 spiro atoms. The maximum absolute atomic E-state index is 10.4. The van der Waals surface area contributed by atoms with Crippen molar-refractivity contribution in [1.82, 2.24) is 24.4 Å². The molecule has 3 heterocycles. The zero-order chi connectivity index (χ0) is 18.0. The topological polar surface area (TPSA) is 123 Å². The first kappa shape index (κ1) is 18.3. The van der Waals surface area contributed by atoms with Gasteiger partial charge in [-0.3, -0.25) is 9.47 Å². The predicted octanol–water partition coefficient (Wildman–Crippen LogP) is -0.602. The zero-order valence-electron chi connectivity index (χ0n) is 13.4. The predicted molar refractivity (Wildman–Crippen MR) is 99.8 cm³/mol. The molecular weight excluding hydrogens is 439 g/mol. The largest absolute Gasteiger partial charge is 0.387 e. The standard InChI is InChI=1S/C15H19IN6O3/c1-2-4-21(5-3-16)6-9-11(23)12(24)15(25-9)22-8-20-10-13(17)18-7-19-14(10)22/h1,7-9,11-12,15,23-24H,3-6H2,(H2,17,18,19)/t9-,11-,12-,15-/m1/s1. The Morgan fingerprint density at radius 2 is 2.16 bits per heavy atom. The maximum Gasteiger partial charge on any atom is 0.167 e. The minimum atomic E-state index is -1.12. The molecule has 2 aromatic heterocycles. The number of hydrogen-bond donors (Lipinski definition) is 3. The molecule has 3 rings (SSSR count). The van der Waals surface area contributed by atoms with Crippen LogP contribution in [0.1, 0.15) is 6.23 Å². The number of nitrogen functional groups attached to an aromatic ring is 1. The number of halogens is 1. The Kier molecular flexibility index (Phi) is 5.70. The summed E-state index contributed by atoms with van der Waals surface area (Å²) < 4.78 is 8.37. The van der Waals surface area contributed by atoms with Crippen molar-refractivity contribution in [3.63, 3.8) is 0 Å². The minimum Gasteiger partial charge on any atom is -0.387 e. The van der Waals surface area contributed by atoms with Gasteiger partial charge in [-0.25, -0.2) is 15.0 Å². The van der Waals surface area contributed by atoms with Crippen molar-refractivity contribution in [2.45, 2.75) is 24.5 Å². The number of ether oxygens (including phenoxy) is 1. The lowest BCUT2D eigenvalue weighted by atomic mass is 10.1. The molecule has 1 fully saturated rings. The lowest BCUT2D eigenvalue weighted by Gasteiger charge is -2.24. The van der Waals surface area contributed by atoms with Crippen LogP contribution in [0.15, 0.2) is 12.7 Å². The third-order valence-electron chi connectivity index (χ3n) is 4.15. The molecule has 0 amide bonds. The normalized spacial score (nSPS) is 26.4. The van der Waals surface area contributed by atoms with Gasteiger partial charge in [0.1, 0.15) is 30.2 Å². The van der Waals surface area contributed by atoms with Crippen LogP contribution in [0.3, 0.4) is 0 Å². The third-order valence-corrected chi connectivity index (χ3v) is 4.63.